The average Bonchev–Trinajstić information content (AvgIpc) is 3.01. The largest absolute Gasteiger partial charge is 0.755 e. The van der Waals surface area contributed by atoms with Crippen LogP contribution in [0.3, 0.4) is 0 Å². The Morgan fingerprint density at radius 1 is 1.26 bits per heavy atom. The third kappa shape index (κ3) is 4.72. The fourth-order valence-corrected chi connectivity index (χ4v) is 5.06. The standard InChI is InChI=1S/C23H25N3O7S/c1-13(22(29)25-17-12-19(27)33-23(17)30)15-7-4-5-9-18(20(15)28)26(34(31)32)21-16-8-3-2-6-14(16)10-11-24-21/h2-6,8,10-11,13,15,17-18,23,30H,7,9,12H2,1H3,(H,25,29)(H,31,32)/p-1. The lowest BCUT2D eigenvalue weighted by atomic mass is 9.84. The van der Waals surface area contributed by atoms with Crippen LogP contribution in [-0.2, 0) is 30.4 Å². The molecule has 11 heteroatoms. The average molecular weight is 487 g/mol. The number of Topliss-reactive ketones (excluding diaryl/α,β-unsaturated/α-hetero) is 1. The molecule has 1 amide bonds. The smallest absolute Gasteiger partial charge is 0.310 e. The Hall–Kier alpha value is -3.15. The van der Waals surface area contributed by atoms with E-state index in [1.807, 2.05) is 12.1 Å². The topological polar surface area (TPSA) is 149 Å². The molecule has 1 aliphatic heterocycles. The molecule has 2 aromatic rings. The monoisotopic (exact) mass is 486 g/mol. The summed E-state index contributed by atoms with van der Waals surface area (Å²) in [7, 11) is 0. The highest BCUT2D eigenvalue weighted by atomic mass is 32.2. The van der Waals surface area contributed by atoms with Crippen molar-refractivity contribution >= 4 is 45.5 Å². The summed E-state index contributed by atoms with van der Waals surface area (Å²) in [5.41, 5.74) is 0. The number of cyclic esters (lactones) is 1. The predicted octanol–water partition coefficient (Wildman–Crippen LogP) is 1.13. The summed E-state index contributed by atoms with van der Waals surface area (Å²) in [5.74, 6) is -3.10. The number of carbonyl (C=O) groups is 3. The Labute approximate surface area is 198 Å². The van der Waals surface area contributed by atoms with Gasteiger partial charge in [0.15, 0.2) is 5.78 Å². The van der Waals surface area contributed by atoms with Crippen LogP contribution in [0.4, 0.5) is 5.82 Å². The number of anilines is 1. The highest BCUT2D eigenvalue weighted by Crippen LogP contribution is 2.32. The minimum absolute atomic E-state index is 0.131. The van der Waals surface area contributed by atoms with E-state index in [0.717, 1.165) is 9.69 Å². The first-order chi connectivity index (χ1) is 16.3. The summed E-state index contributed by atoms with van der Waals surface area (Å²) in [6.45, 7) is 1.56. The second-order valence-electron chi connectivity index (χ2n) is 8.35. The van der Waals surface area contributed by atoms with Gasteiger partial charge in [0.05, 0.1) is 6.42 Å². The van der Waals surface area contributed by atoms with Gasteiger partial charge in [-0.2, -0.15) is 0 Å². The number of benzene rings is 1. The van der Waals surface area contributed by atoms with Crippen LogP contribution in [-0.4, -0.2) is 54.9 Å². The number of ether oxygens (including phenoxy) is 1. The minimum Gasteiger partial charge on any atom is -0.755 e. The van der Waals surface area contributed by atoms with E-state index in [1.54, 1.807) is 37.3 Å². The lowest BCUT2D eigenvalue weighted by Crippen LogP contribution is -2.49. The third-order valence-corrected chi connectivity index (χ3v) is 6.99. The number of ketones is 1. The molecule has 34 heavy (non-hydrogen) atoms. The number of nitrogens with one attached hydrogen (secondary N) is 1. The zero-order chi connectivity index (χ0) is 24.4. The van der Waals surface area contributed by atoms with Crippen LogP contribution in [0.5, 0.6) is 0 Å². The lowest BCUT2D eigenvalue weighted by Gasteiger charge is -2.35. The van der Waals surface area contributed by atoms with Gasteiger partial charge in [-0.3, -0.25) is 22.9 Å². The van der Waals surface area contributed by atoms with Gasteiger partial charge in [0, 0.05) is 34.7 Å². The summed E-state index contributed by atoms with van der Waals surface area (Å²) in [6, 6.07) is 6.90. The zero-order valence-corrected chi connectivity index (χ0v) is 19.1. The number of aliphatic hydroxyl groups is 1. The first kappa shape index (κ1) is 24.0. The Bertz CT molecular complexity index is 1160. The van der Waals surface area contributed by atoms with Gasteiger partial charge in [0.1, 0.15) is 17.9 Å². The number of amides is 1. The number of allylic oxidation sites excluding steroid dienone is 1. The number of pyridine rings is 1. The minimum atomic E-state index is -2.81. The van der Waals surface area contributed by atoms with Crippen molar-refractivity contribution in [3.63, 3.8) is 0 Å². The molecule has 1 aromatic carbocycles. The van der Waals surface area contributed by atoms with Crippen molar-refractivity contribution in [2.24, 2.45) is 11.8 Å². The van der Waals surface area contributed by atoms with Gasteiger partial charge in [0.2, 0.25) is 12.2 Å². The molecule has 2 N–H and O–H groups in total. The number of hydrogen-bond acceptors (Lipinski definition) is 8. The van der Waals surface area contributed by atoms with Crippen molar-refractivity contribution in [2.75, 3.05) is 4.31 Å². The number of aliphatic hydroxyl groups excluding tert-OH is 1. The Morgan fingerprint density at radius 3 is 2.71 bits per heavy atom. The van der Waals surface area contributed by atoms with Crippen LogP contribution in [0.25, 0.3) is 10.8 Å². The van der Waals surface area contributed by atoms with Crippen molar-refractivity contribution in [3.8, 4) is 0 Å². The van der Waals surface area contributed by atoms with Gasteiger partial charge in [0.25, 0.3) is 0 Å². The first-order valence-electron chi connectivity index (χ1n) is 10.9. The van der Waals surface area contributed by atoms with E-state index in [0.29, 0.717) is 5.39 Å². The summed E-state index contributed by atoms with van der Waals surface area (Å²) < 4.78 is 30.3. The fourth-order valence-electron chi connectivity index (χ4n) is 4.38. The van der Waals surface area contributed by atoms with Crippen molar-refractivity contribution in [1.29, 1.82) is 0 Å². The summed E-state index contributed by atoms with van der Waals surface area (Å²) in [4.78, 5) is 42.1. The number of rotatable bonds is 6. The van der Waals surface area contributed by atoms with E-state index in [1.165, 1.54) is 6.20 Å². The molecule has 2 aliphatic rings. The van der Waals surface area contributed by atoms with Crippen LogP contribution in [0.2, 0.25) is 0 Å². The molecule has 1 saturated heterocycles. The molecule has 1 aliphatic carbocycles. The molecule has 0 spiro atoms. The molecule has 180 valence electrons. The van der Waals surface area contributed by atoms with Crippen molar-refractivity contribution in [1.82, 2.24) is 10.3 Å². The second-order valence-corrected chi connectivity index (χ2v) is 9.18. The molecule has 0 saturated carbocycles. The highest BCUT2D eigenvalue weighted by molar-refractivity contribution is 7.80. The number of hydrogen-bond donors (Lipinski definition) is 2. The van der Waals surface area contributed by atoms with Crippen LogP contribution in [0, 0.1) is 11.8 Å². The second kappa shape index (κ2) is 10.00. The molecular weight excluding hydrogens is 462 g/mol. The molecule has 1 fully saturated rings. The Kier molecular flexibility index (Phi) is 7.05. The third-order valence-electron chi connectivity index (χ3n) is 6.24. The van der Waals surface area contributed by atoms with Gasteiger partial charge in [-0.25, -0.2) is 4.98 Å². The van der Waals surface area contributed by atoms with Gasteiger partial charge < -0.3 is 19.7 Å². The quantitative estimate of drug-likeness (QED) is 0.351. The van der Waals surface area contributed by atoms with Gasteiger partial charge in [-0.15, -0.1) is 0 Å². The van der Waals surface area contributed by atoms with Gasteiger partial charge in [-0.1, -0.05) is 43.3 Å². The summed E-state index contributed by atoms with van der Waals surface area (Å²) >= 11 is -2.81. The van der Waals surface area contributed by atoms with Crippen molar-refractivity contribution < 1.29 is 33.0 Å². The molecule has 4 rings (SSSR count). The normalized spacial score (nSPS) is 26.6. The molecular formula is C23H24N3O7S-. The van der Waals surface area contributed by atoms with Gasteiger partial charge in [-0.05, 0) is 24.3 Å². The number of nitrogens with zero attached hydrogens (tertiary/aromatic N) is 2. The van der Waals surface area contributed by atoms with Crippen LogP contribution in [0.15, 0.2) is 48.7 Å². The van der Waals surface area contributed by atoms with Gasteiger partial charge >= 0.3 is 5.97 Å². The van der Waals surface area contributed by atoms with E-state index >= 15 is 0 Å². The van der Waals surface area contributed by atoms with E-state index in [2.05, 4.69) is 15.0 Å². The number of carbonyl (C=O) groups excluding carboxylic acids is 3. The molecule has 1 aromatic heterocycles. The SMILES string of the molecule is CC(C(=O)NC1CC(=O)OC1O)C1CC=CCC(N(c2nccc3ccccc23)S(=O)[O-])C1=O. The maximum atomic E-state index is 13.6. The Balaban J connectivity index is 1.61. The zero-order valence-electron chi connectivity index (χ0n) is 18.3. The van der Waals surface area contributed by atoms with E-state index in [4.69, 9.17) is 0 Å². The highest BCUT2D eigenvalue weighted by Gasteiger charge is 2.41. The first-order valence-corrected chi connectivity index (χ1v) is 11.9. The summed E-state index contributed by atoms with van der Waals surface area (Å²) in [5, 5.41) is 13.7. The molecule has 2 heterocycles. The Morgan fingerprint density at radius 2 is 2.00 bits per heavy atom. The van der Waals surface area contributed by atoms with Crippen molar-refractivity contribution in [2.45, 2.75) is 44.6 Å². The lowest BCUT2D eigenvalue weighted by molar-refractivity contribution is -0.155. The molecule has 6 unspecified atom stereocenters. The van der Waals surface area contributed by atoms with E-state index in [-0.39, 0.29) is 25.1 Å². The van der Waals surface area contributed by atoms with Crippen molar-refractivity contribution in [3.05, 3.63) is 48.7 Å². The molecule has 10 nitrogen and oxygen atoms in total. The van der Waals surface area contributed by atoms with E-state index < -0.39 is 59.1 Å². The number of fused-ring (bicyclic) bond motifs is 1. The number of esters is 1. The number of aromatic nitrogens is 1. The van der Waals surface area contributed by atoms with Crippen LogP contribution >= 0.6 is 0 Å². The summed E-state index contributed by atoms with van der Waals surface area (Å²) in [6.07, 6.45) is 3.73. The maximum Gasteiger partial charge on any atom is 0.310 e. The molecule has 0 bridgehead atoms. The maximum absolute atomic E-state index is 13.6. The van der Waals surface area contributed by atoms with Crippen LogP contribution < -0.4 is 9.62 Å². The molecule has 6 atom stereocenters. The molecule has 0 radical (unpaired) electrons. The van der Waals surface area contributed by atoms with Crippen LogP contribution in [0.1, 0.15) is 26.2 Å². The predicted molar refractivity (Wildman–Crippen MR) is 122 cm³/mol. The van der Waals surface area contributed by atoms with E-state index in [9.17, 15) is 28.3 Å². The fraction of sp³-hybridized carbons (Fsp3) is 0.391.